The molecule has 0 spiro atoms. The summed E-state index contributed by atoms with van der Waals surface area (Å²) in [4.78, 5) is 2.25. The zero-order valence-electron chi connectivity index (χ0n) is 25.1. The van der Waals surface area contributed by atoms with Crippen molar-refractivity contribution >= 4 is 35.3 Å². The van der Waals surface area contributed by atoms with Crippen LogP contribution in [0.3, 0.4) is 0 Å². The molecule has 5 rings (SSSR count). The molecule has 0 saturated carbocycles. The largest absolute Gasteiger partial charge is 0.461 e. The number of ether oxygens (including phenoxy) is 1. The fourth-order valence-electron chi connectivity index (χ4n) is 4.70. The second-order valence-electron chi connectivity index (χ2n) is 11.4. The number of allylic oxidation sites excluding steroid dienone is 6. The number of para-hydroxylation sites is 2. The van der Waals surface area contributed by atoms with E-state index in [2.05, 4.69) is 102 Å². The molecule has 44 heavy (non-hydrogen) atoms. The van der Waals surface area contributed by atoms with Gasteiger partial charge >= 0.3 is 0 Å². The van der Waals surface area contributed by atoms with Gasteiger partial charge in [-0.05, 0) is 71.3 Å². The topological polar surface area (TPSA) is 60.0 Å². The zero-order chi connectivity index (χ0) is 30.9. The molecule has 0 saturated heterocycles. The van der Waals surface area contributed by atoms with Crippen molar-refractivity contribution in [2.45, 2.75) is 20.8 Å². The molecule has 214 valence electrons. The third-order valence-corrected chi connectivity index (χ3v) is 7.09. The number of anilines is 3. The standard InChI is InChI=1S/C40H33N3O/c1-40(2,3)39-27-33(34(28-41)29-42)26-38(44-39)25-22-31-17-14-30(15-18-31)16-19-32-20-23-37(24-21-32)43(35-10-6-4-7-11-35)36-12-8-5-9-13-36/h4-27H,1-3H3/b19-16+,25-22+. The number of nitrogens with zero attached hydrogens (tertiary/aromatic N) is 3. The molecule has 1 heterocycles. The van der Waals surface area contributed by atoms with Crippen LogP contribution in [0.5, 0.6) is 0 Å². The molecule has 0 fully saturated rings. The Morgan fingerprint density at radius 1 is 0.591 bits per heavy atom. The highest BCUT2D eigenvalue weighted by molar-refractivity contribution is 5.78. The molecule has 0 unspecified atom stereocenters. The maximum atomic E-state index is 9.37. The van der Waals surface area contributed by atoms with E-state index in [-0.39, 0.29) is 11.0 Å². The van der Waals surface area contributed by atoms with Gasteiger partial charge in [-0.2, -0.15) is 10.5 Å². The molecule has 0 bridgehead atoms. The average Bonchev–Trinajstić information content (AvgIpc) is 3.05. The van der Waals surface area contributed by atoms with Crippen molar-refractivity contribution in [1.29, 1.82) is 10.5 Å². The summed E-state index contributed by atoms with van der Waals surface area (Å²) in [6, 6.07) is 41.5. The first-order valence-corrected chi connectivity index (χ1v) is 14.5. The van der Waals surface area contributed by atoms with E-state index in [9.17, 15) is 10.5 Å². The smallest absolute Gasteiger partial charge is 0.137 e. The summed E-state index contributed by atoms with van der Waals surface area (Å²) in [5, 5.41) is 18.7. The van der Waals surface area contributed by atoms with Crippen LogP contribution in [-0.4, -0.2) is 0 Å². The van der Waals surface area contributed by atoms with Crippen LogP contribution in [0, 0.1) is 28.1 Å². The lowest BCUT2D eigenvalue weighted by atomic mass is 9.90. The first kappa shape index (κ1) is 29.6. The van der Waals surface area contributed by atoms with Gasteiger partial charge in [0.05, 0.1) is 0 Å². The van der Waals surface area contributed by atoms with Crippen LogP contribution < -0.4 is 4.90 Å². The third-order valence-electron chi connectivity index (χ3n) is 7.09. The molecular formula is C40H33N3O. The van der Waals surface area contributed by atoms with Crippen LogP contribution in [0.2, 0.25) is 0 Å². The minimum absolute atomic E-state index is 0.0662. The minimum Gasteiger partial charge on any atom is -0.461 e. The lowest BCUT2D eigenvalue weighted by Crippen LogP contribution is -2.15. The molecule has 0 N–H and O–H groups in total. The molecule has 4 aromatic carbocycles. The summed E-state index contributed by atoms with van der Waals surface area (Å²) < 4.78 is 6.09. The summed E-state index contributed by atoms with van der Waals surface area (Å²) in [6.07, 6.45) is 11.5. The molecule has 0 amide bonds. The van der Waals surface area contributed by atoms with Crippen LogP contribution in [-0.2, 0) is 4.74 Å². The summed E-state index contributed by atoms with van der Waals surface area (Å²) in [5.74, 6) is 1.29. The molecule has 1 aliphatic heterocycles. The molecule has 0 aliphatic carbocycles. The number of hydrogen-bond acceptors (Lipinski definition) is 4. The maximum Gasteiger partial charge on any atom is 0.137 e. The van der Waals surface area contributed by atoms with Crippen LogP contribution in [0.25, 0.3) is 18.2 Å². The summed E-state index contributed by atoms with van der Waals surface area (Å²) in [6.45, 7) is 6.10. The number of nitriles is 2. The molecular weight excluding hydrogens is 538 g/mol. The van der Waals surface area contributed by atoms with Crippen molar-refractivity contribution in [1.82, 2.24) is 0 Å². The zero-order valence-corrected chi connectivity index (χ0v) is 25.1. The van der Waals surface area contributed by atoms with E-state index in [1.807, 2.05) is 69.3 Å². The monoisotopic (exact) mass is 571 g/mol. The van der Waals surface area contributed by atoms with E-state index >= 15 is 0 Å². The third kappa shape index (κ3) is 7.32. The van der Waals surface area contributed by atoms with Crippen molar-refractivity contribution in [3.05, 3.63) is 167 Å². The SMILES string of the molecule is CC(C)(C)C1=CC(=C(C#N)C#N)C=C(/C=C/c2ccc(/C=C/c3ccc(N(c4ccccc4)c4ccccc4)cc3)cc2)O1. The number of hydrogen-bond donors (Lipinski definition) is 0. The van der Waals surface area contributed by atoms with E-state index in [4.69, 9.17) is 4.74 Å². The fraction of sp³-hybridized carbons (Fsp3) is 0.100. The Morgan fingerprint density at radius 3 is 1.48 bits per heavy atom. The van der Waals surface area contributed by atoms with Crippen LogP contribution in [0.1, 0.15) is 37.5 Å². The maximum absolute atomic E-state index is 9.37. The summed E-state index contributed by atoms with van der Waals surface area (Å²) in [5.41, 5.74) is 6.88. The van der Waals surface area contributed by atoms with Gasteiger partial charge in [-0.15, -0.1) is 0 Å². The average molecular weight is 572 g/mol. The first-order valence-electron chi connectivity index (χ1n) is 14.5. The van der Waals surface area contributed by atoms with E-state index in [0.717, 1.165) is 33.8 Å². The quantitative estimate of drug-likeness (QED) is 0.164. The van der Waals surface area contributed by atoms with Gasteiger partial charge < -0.3 is 9.64 Å². The minimum atomic E-state index is -0.272. The van der Waals surface area contributed by atoms with Crippen molar-refractivity contribution in [3.8, 4) is 12.1 Å². The van der Waals surface area contributed by atoms with Crippen molar-refractivity contribution in [3.63, 3.8) is 0 Å². The van der Waals surface area contributed by atoms with E-state index in [0.29, 0.717) is 17.1 Å². The van der Waals surface area contributed by atoms with E-state index in [1.165, 1.54) is 0 Å². The van der Waals surface area contributed by atoms with Crippen molar-refractivity contribution < 1.29 is 4.74 Å². The van der Waals surface area contributed by atoms with Gasteiger partial charge in [0.2, 0.25) is 0 Å². The summed E-state index contributed by atoms with van der Waals surface area (Å²) >= 11 is 0. The molecule has 4 heteroatoms. The van der Waals surface area contributed by atoms with Gasteiger partial charge in [-0.25, -0.2) is 0 Å². The van der Waals surface area contributed by atoms with Gasteiger partial charge in [0.25, 0.3) is 0 Å². The Bertz CT molecular complexity index is 1780. The predicted molar refractivity (Wildman–Crippen MR) is 180 cm³/mol. The van der Waals surface area contributed by atoms with Crippen LogP contribution >= 0.6 is 0 Å². The van der Waals surface area contributed by atoms with Gasteiger partial charge in [0, 0.05) is 28.1 Å². The Balaban J connectivity index is 1.29. The highest BCUT2D eigenvalue weighted by Crippen LogP contribution is 2.35. The van der Waals surface area contributed by atoms with Gasteiger partial charge in [0.1, 0.15) is 29.2 Å². The van der Waals surface area contributed by atoms with Crippen LogP contribution in [0.15, 0.2) is 150 Å². The fourth-order valence-corrected chi connectivity index (χ4v) is 4.70. The normalized spacial score (nSPS) is 13.1. The Labute approximate surface area is 260 Å². The molecule has 0 atom stereocenters. The first-order chi connectivity index (χ1) is 21.3. The molecule has 4 aromatic rings. The Hall–Kier alpha value is -5.84. The van der Waals surface area contributed by atoms with Crippen LogP contribution in [0.4, 0.5) is 17.1 Å². The van der Waals surface area contributed by atoms with E-state index < -0.39 is 0 Å². The molecule has 1 aliphatic rings. The lowest BCUT2D eigenvalue weighted by molar-refractivity contribution is 0.223. The van der Waals surface area contributed by atoms with Gasteiger partial charge in [-0.3, -0.25) is 0 Å². The predicted octanol–water partition coefficient (Wildman–Crippen LogP) is 10.5. The Kier molecular flexibility index (Phi) is 9.05. The molecule has 0 aromatic heterocycles. The molecule has 0 radical (unpaired) electrons. The van der Waals surface area contributed by atoms with Gasteiger partial charge in [0.15, 0.2) is 0 Å². The number of rotatable bonds is 7. The van der Waals surface area contributed by atoms with Crippen molar-refractivity contribution in [2.24, 2.45) is 5.41 Å². The van der Waals surface area contributed by atoms with Gasteiger partial charge in [-0.1, -0.05) is 112 Å². The second-order valence-corrected chi connectivity index (χ2v) is 11.4. The summed E-state index contributed by atoms with van der Waals surface area (Å²) in [7, 11) is 0. The highest BCUT2D eigenvalue weighted by atomic mass is 16.5. The lowest BCUT2D eigenvalue weighted by Gasteiger charge is -2.26. The number of benzene rings is 4. The molecule has 4 nitrogen and oxygen atoms in total. The Morgan fingerprint density at radius 2 is 1.02 bits per heavy atom. The van der Waals surface area contributed by atoms with Crippen molar-refractivity contribution in [2.75, 3.05) is 4.90 Å². The van der Waals surface area contributed by atoms with E-state index in [1.54, 1.807) is 12.2 Å². The highest BCUT2D eigenvalue weighted by Gasteiger charge is 2.24. The second kappa shape index (κ2) is 13.4.